The van der Waals surface area contributed by atoms with Crippen LogP contribution in [0.15, 0.2) is 0 Å². The Morgan fingerprint density at radius 3 is 2.80 bits per heavy atom. The summed E-state index contributed by atoms with van der Waals surface area (Å²) >= 11 is 1.40. The zero-order valence-electron chi connectivity index (χ0n) is 11.6. The molecule has 0 radical (unpaired) electrons. The second-order valence-corrected chi connectivity index (χ2v) is 6.06. The molecule has 0 bridgehead atoms. The van der Waals surface area contributed by atoms with Crippen molar-refractivity contribution in [3.05, 3.63) is 5.01 Å². The van der Waals surface area contributed by atoms with Gasteiger partial charge in [0.25, 0.3) is 0 Å². The lowest BCUT2D eigenvalue weighted by Gasteiger charge is -2.03. The maximum absolute atomic E-state index is 11.6. The lowest BCUT2D eigenvalue weighted by Crippen LogP contribution is -2.33. The summed E-state index contributed by atoms with van der Waals surface area (Å²) in [5.41, 5.74) is 0. The molecule has 1 aliphatic carbocycles. The molecule has 2 rings (SSSR count). The molecule has 1 saturated carbocycles. The van der Waals surface area contributed by atoms with Gasteiger partial charge in [0.15, 0.2) is 0 Å². The number of anilines is 1. The summed E-state index contributed by atoms with van der Waals surface area (Å²) in [5, 5.41) is 14.7. The number of carbonyl (C=O) groups is 2. The molecule has 0 aliphatic heterocycles. The number of rotatable bonds is 8. The standard InChI is InChI=1S/C13H20N4O2S/c1-2-3-4-5-11-16-17-13(20-11)15-10(18)8-14-12(19)9-6-7-9/h9H,2-8H2,1H3,(H,14,19)(H,15,17,18). The SMILES string of the molecule is CCCCCc1nnc(NC(=O)CNC(=O)C2CC2)s1. The second kappa shape index (κ2) is 7.33. The first-order valence-corrected chi connectivity index (χ1v) is 7.90. The molecule has 1 fully saturated rings. The summed E-state index contributed by atoms with van der Waals surface area (Å²) in [4.78, 5) is 23.0. The molecule has 0 aromatic carbocycles. The fraction of sp³-hybridized carbons (Fsp3) is 0.692. The highest BCUT2D eigenvalue weighted by Crippen LogP contribution is 2.28. The van der Waals surface area contributed by atoms with Crippen molar-refractivity contribution in [1.82, 2.24) is 15.5 Å². The number of aryl methyl sites for hydroxylation is 1. The summed E-state index contributed by atoms with van der Waals surface area (Å²) in [6.07, 6.45) is 6.21. The molecule has 2 amide bonds. The van der Waals surface area contributed by atoms with Gasteiger partial charge in [-0.05, 0) is 19.3 Å². The van der Waals surface area contributed by atoms with Crippen LogP contribution in [0.5, 0.6) is 0 Å². The monoisotopic (exact) mass is 296 g/mol. The van der Waals surface area contributed by atoms with Crippen LogP contribution in [0.3, 0.4) is 0 Å². The molecule has 1 heterocycles. The van der Waals surface area contributed by atoms with Crippen molar-refractivity contribution < 1.29 is 9.59 Å². The Hall–Kier alpha value is -1.50. The highest BCUT2D eigenvalue weighted by atomic mass is 32.1. The average Bonchev–Trinajstić information content (AvgIpc) is 3.19. The van der Waals surface area contributed by atoms with E-state index in [2.05, 4.69) is 27.8 Å². The number of nitrogens with one attached hydrogen (secondary N) is 2. The average molecular weight is 296 g/mol. The van der Waals surface area contributed by atoms with Crippen molar-refractivity contribution in [2.24, 2.45) is 5.92 Å². The zero-order valence-corrected chi connectivity index (χ0v) is 12.5. The molecule has 2 N–H and O–H groups in total. The van der Waals surface area contributed by atoms with Crippen LogP contribution < -0.4 is 10.6 Å². The Balaban J connectivity index is 1.69. The van der Waals surface area contributed by atoms with E-state index in [-0.39, 0.29) is 24.3 Å². The summed E-state index contributed by atoms with van der Waals surface area (Å²) in [7, 11) is 0. The van der Waals surface area contributed by atoms with Gasteiger partial charge in [-0.15, -0.1) is 10.2 Å². The summed E-state index contributed by atoms with van der Waals surface area (Å²) in [6, 6.07) is 0. The normalized spacial score (nSPS) is 14.1. The van der Waals surface area contributed by atoms with Crippen molar-refractivity contribution in [2.45, 2.75) is 45.4 Å². The van der Waals surface area contributed by atoms with Gasteiger partial charge in [-0.2, -0.15) is 0 Å². The van der Waals surface area contributed by atoms with E-state index < -0.39 is 0 Å². The van der Waals surface area contributed by atoms with Gasteiger partial charge >= 0.3 is 0 Å². The van der Waals surface area contributed by atoms with Gasteiger partial charge in [-0.25, -0.2) is 0 Å². The third-order valence-corrected chi connectivity index (χ3v) is 3.98. The van der Waals surface area contributed by atoms with Crippen LogP contribution in [0.1, 0.15) is 44.0 Å². The van der Waals surface area contributed by atoms with Crippen molar-refractivity contribution in [3.8, 4) is 0 Å². The number of amides is 2. The summed E-state index contributed by atoms with van der Waals surface area (Å²) < 4.78 is 0. The van der Waals surface area contributed by atoms with Gasteiger partial charge < -0.3 is 5.32 Å². The molecule has 110 valence electrons. The van der Waals surface area contributed by atoms with Crippen LogP contribution in [-0.4, -0.2) is 28.6 Å². The predicted molar refractivity (Wildman–Crippen MR) is 77.5 cm³/mol. The zero-order chi connectivity index (χ0) is 14.4. The first kappa shape index (κ1) is 14.9. The minimum Gasteiger partial charge on any atom is -0.347 e. The predicted octanol–water partition coefficient (Wildman–Crippen LogP) is 1.74. The maximum Gasteiger partial charge on any atom is 0.245 e. The van der Waals surface area contributed by atoms with Crippen molar-refractivity contribution in [2.75, 3.05) is 11.9 Å². The molecular weight excluding hydrogens is 276 g/mol. The van der Waals surface area contributed by atoms with Crippen molar-refractivity contribution >= 4 is 28.3 Å². The lowest BCUT2D eigenvalue weighted by molar-refractivity contribution is -0.125. The van der Waals surface area contributed by atoms with Gasteiger partial charge in [0, 0.05) is 12.3 Å². The van der Waals surface area contributed by atoms with Crippen LogP contribution >= 0.6 is 11.3 Å². The Morgan fingerprint density at radius 1 is 1.30 bits per heavy atom. The Labute approximate surface area is 122 Å². The van der Waals surface area contributed by atoms with Gasteiger partial charge in [-0.1, -0.05) is 31.1 Å². The highest BCUT2D eigenvalue weighted by molar-refractivity contribution is 7.15. The minimum atomic E-state index is -0.254. The number of hydrogen-bond donors (Lipinski definition) is 2. The molecule has 0 atom stereocenters. The Bertz CT molecular complexity index is 471. The smallest absolute Gasteiger partial charge is 0.245 e. The maximum atomic E-state index is 11.6. The van der Waals surface area contributed by atoms with Crippen LogP contribution in [0.25, 0.3) is 0 Å². The van der Waals surface area contributed by atoms with E-state index in [9.17, 15) is 9.59 Å². The number of unbranched alkanes of at least 4 members (excludes halogenated alkanes) is 2. The lowest BCUT2D eigenvalue weighted by atomic mass is 10.2. The molecule has 0 unspecified atom stereocenters. The number of aromatic nitrogens is 2. The third kappa shape index (κ3) is 4.88. The molecular formula is C13H20N4O2S. The number of hydrogen-bond acceptors (Lipinski definition) is 5. The van der Waals surface area contributed by atoms with Gasteiger partial charge in [0.2, 0.25) is 16.9 Å². The van der Waals surface area contributed by atoms with E-state index in [1.54, 1.807) is 0 Å². The van der Waals surface area contributed by atoms with E-state index in [1.165, 1.54) is 24.2 Å². The summed E-state index contributed by atoms with van der Waals surface area (Å²) in [6.45, 7) is 2.15. The molecule has 0 saturated heterocycles. The highest BCUT2D eigenvalue weighted by Gasteiger charge is 2.29. The number of nitrogens with zero attached hydrogens (tertiary/aromatic N) is 2. The Morgan fingerprint density at radius 2 is 2.10 bits per heavy atom. The largest absolute Gasteiger partial charge is 0.347 e. The van der Waals surface area contributed by atoms with Crippen LogP contribution in [-0.2, 0) is 16.0 Å². The molecule has 0 spiro atoms. The molecule has 1 aromatic heterocycles. The van der Waals surface area contributed by atoms with Gasteiger partial charge in [0.05, 0.1) is 6.54 Å². The van der Waals surface area contributed by atoms with Gasteiger partial charge in [-0.3, -0.25) is 14.9 Å². The van der Waals surface area contributed by atoms with Crippen LogP contribution in [0, 0.1) is 5.92 Å². The molecule has 1 aromatic rings. The van der Waals surface area contributed by atoms with Crippen molar-refractivity contribution in [1.29, 1.82) is 0 Å². The van der Waals surface area contributed by atoms with E-state index in [1.807, 2.05) is 0 Å². The quantitative estimate of drug-likeness (QED) is 0.716. The number of carbonyl (C=O) groups excluding carboxylic acids is 2. The first-order valence-electron chi connectivity index (χ1n) is 7.09. The first-order chi connectivity index (χ1) is 9.69. The fourth-order valence-electron chi connectivity index (χ4n) is 1.75. The third-order valence-electron chi connectivity index (χ3n) is 3.08. The molecule has 1 aliphatic rings. The van der Waals surface area contributed by atoms with E-state index in [0.717, 1.165) is 30.7 Å². The summed E-state index contributed by atoms with van der Waals surface area (Å²) in [5.74, 6) is -0.164. The topological polar surface area (TPSA) is 84.0 Å². The minimum absolute atomic E-state index is 0.0000807. The fourth-order valence-corrected chi connectivity index (χ4v) is 2.55. The van der Waals surface area contributed by atoms with E-state index in [0.29, 0.717) is 5.13 Å². The molecule has 7 heteroatoms. The second-order valence-electron chi connectivity index (χ2n) is 5.00. The molecule has 6 nitrogen and oxygen atoms in total. The van der Waals surface area contributed by atoms with Crippen LogP contribution in [0.4, 0.5) is 5.13 Å². The van der Waals surface area contributed by atoms with E-state index in [4.69, 9.17) is 0 Å². The molecule has 20 heavy (non-hydrogen) atoms. The van der Waals surface area contributed by atoms with E-state index >= 15 is 0 Å². The Kier molecular flexibility index (Phi) is 5.46. The van der Waals surface area contributed by atoms with Gasteiger partial charge in [0.1, 0.15) is 5.01 Å². The van der Waals surface area contributed by atoms with Crippen LogP contribution in [0.2, 0.25) is 0 Å². The van der Waals surface area contributed by atoms with Crippen molar-refractivity contribution in [3.63, 3.8) is 0 Å².